The van der Waals surface area contributed by atoms with Crippen molar-refractivity contribution in [2.75, 3.05) is 13.2 Å². The molecule has 0 aliphatic rings. The fourth-order valence-electron chi connectivity index (χ4n) is 4.54. The number of hydrogen-bond acceptors (Lipinski definition) is 4. The second kappa shape index (κ2) is 14.6. The molecule has 0 aliphatic heterocycles. The molecule has 0 spiro atoms. The fourth-order valence-corrected chi connectivity index (χ4v) is 5.05. The molecule has 0 saturated carbocycles. The van der Waals surface area contributed by atoms with Crippen molar-refractivity contribution in [3.63, 3.8) is 0 Å². The molecular weight excluding hydrogens is 565 g/mol. The first-order valence-corrected chi connectivity index (χ1v) is 14.1. The van der Waals surface area contributed by atoms with Crippen LogP contribution in [0.1, 0.15) is 42.4 Å². The maximum absolute atomic E-state index is 11.5. The normalized spacial score (nSPS) is 11.3. The summed E-state index contributed by atoms with van der Waals surface area (Å²) in [5.74, 6) is -0.497. The Morgan fingerprint density at radius 2 is 1.49 bits per heavy atom. The molecule has 1 aromatic heterocycles. The van der Waals surface area contributed by atoms with Gasteiger partial charge in [-0.2, -0.15) is 0 Å². The van der Waals surface area contributed by atoms with Gasteiger partial charge in [0, 0.05) is 30.1 Å². The molecule has 214 valence electrons. The molecule has 0 radical (unpaired) electrons. The van der Waals surface area contributed by atoms with Gasteiger partial charge in [0.05, 0.1) is 29.7 Å². The van der Waals surface area contributed by atoms with Crippen molar-refractivity contribution in [2.45, 2.75) is 38.6 Å². The molecule has 1 heterocycles. The van der Waals surface area contributed by atoms with Crippen LogP contribution in [0.5, 0.6) is 11.5 Å². The highest BCUT2D eigenvalue weighted by atomic mass is 35.5. The van der Waals surface area contributed by atoms with Crippen LogP contribution >= 0.6 is 23.2 Å². The Bertz CT molecular complexity index is 1510. The molecule has 0 amide bonds. The SMILES string of the molecule is O=C(O)CCCn1cc(CC(=O)O)c2c(C=Cc3ccc(OCCCCOc4c(Cl)cccc4Cl)cc3)cccc21. The number of nitrogens with zero attached hydrogens (tertiary/aromatic N) is 1. The minimum Gasteiger partial charge on any atom is -0.494 e. The van der Waals surface area contributed by atoms with Crippen molar-refractivity contribution in [1.29, 1.82) is 0 Å². The van der Waals surface area contributed by atoms with Crippen LogP contribution in [0.2, 0.25) is 10.0 Å². The number of carboxylic acid groups (broad SMARTS) is 2. The van der Waals surface area contributed by atoms with Gasteiger partial charge in [-0.25, -0.2) is 0 Å². The van der Waals surface area contributed by atoms with E-state index in [4.69, 9.17) is 37.8 Å². The van der Waals surface area contributed by atoms with E-state index in [0.717, 1.165) is 40.6 Å². The first-order chi connectivity index (χ1) is 19.8. The average Bonchev–Trinajstić information content (AvgIpc) is 3.28. The van der Waals surface area contributed by atoms with E-state index in [9.17, 15) is 14.7 Å². The summed E-state index contributed by atoms with van der Waals surface area (Å²) < 4.78 is 13.5. The molecule has 0 saturated heterocycles. The van der Waals surface area contributed by atoms with Crippen LogP contribution in [0.25, 0.3) is 23.1 Å². The van der Waals surface area contributed by atoms with Crippen LogP contribution in [-0.2, 0) is 22.6 Å². The molecule has 0 atom stereocenters. The summed E-state index contributed by atoms with van der Waals surface area (Å²) in [5.41, 5.74) is 3.46. The third-order valence-corrected chi connectivity index (χ3v) is 7.05. The Morgan fingerprint density at radius 3 is 2.17 bits per heavy atom. The molecular formula is C32H31Cl2NO6. The highest BCUT2D eigenvalue weighted by Crippen LogP contribution is 2.32. The quantitative estimate of drug-likeness (QED) is 0.107. The highest BCUT2D eigenvalue weighted by molar-refractivity contribution is 6.37. The fraction of sp³-hybridized carbons (Fsp3) is 0.250. The van der Waals surface area contributed by atoms with Crippen LogP contribution in [0, 0.1) is 0 Å². The summed E-state index contributed by atoms with van der Waals surface area (Å²) >= 11 is 12.2. The predicted molar refractivity (Wildman–Crippen MR) is 162 cm³/mol. The molecule has 3 aromatic carbocycles. The van der Waals surface area contributed by atoms with Crippen molar-refractivity contribution < 1.29 is 29.3 Å². The molecule has 0 unspecified atom stereocenters. The van der Waals surface area contributed by atoms with Crippen LogP contribution < -0.4 is 9.47 Å². The van der Waals surface area contributed by atoms with E-state index in [1.54, 1.807) is 18.2 Å². The summed E-state index contributed by atoms with van der Waals surface area (Å²) in [6.45, 7) is 1.54. The summed E-state index contributed by atoms with van der Waals surface area (Å²) in [6.07, 6.45) is 7.77. The molecule has 0 aliphatic carbocycles. The second-order valence-electron chi connectivity index (χ2n) is 9.51. The molecule has 41 heavy (non-hydrogen) atoms. The largest absolute Gasteiger partial charge is 0.494 e. The molecule has 4 rings (SSSR count). The van der Waals surface area contributed by atoms with Gasteiger partial charge in [-0.1, -0.05) is 65.7 Å². The highest BCUT2D eigenvalue weighted by Gasteiger charge is 2.14. The lowest BCUT2D eigenvalue weighted by Gasteiger charge is -2.10. The number of unbranched alkanes of at least 4 members (excludes halogenated alkanes) is 1. The lowest BCUT2D eigenvalue weighted by molar-refractivity contribution is -0.137. The number of carboxylic acids is 2. The number of aryl methyl sites for hydroxylation is 1. The Morgan fingerprint density at radius 1 is 0.805 bits per heavy atom. The zero-order valence-electron chi connectivity index (χ0n) is 22.4. The van der Waals surface area contributed by atoms with Gasteiger partial charge in [-0.3, -0.25) is 9.59 Å². The summed E-state index contributed by atoms with van der Waals surface area (Å²) in [5, 5.41) is 20.3. The van der Waals surface area contributed by atoms with Gasteiger partial charge in [-0.15, -0.1) is 0 Å². The van der Waals surface area contributed by atoms with Crippen LogP contribution in [0.4, 0.5) is 0 Å². The third kappa shape index (κ3) is 8.52. The molecule has 4 aromatic rings. The van der Waals surface area contributed by atoms with E-state index in [1.807, 2.05) is 65.4 Å². The molecule has 0 fully saturated rings. The topological polar surface area (TPSA) is 98.0 Å². The predicted octanol–water partition coefficient (Wildman–Crippen LogP) is 7.85. The lowest BCUT2D eigenvalue weighted by Crippen LogP contribution is -2.03. The van der Waals surface area contributed by atoms with Crippen LogP contribution in [0.15, 0.2) is 66.9 Å². The van der Waals surface area contributed by atoms with E-state index >= 15 is 0 Å². The molecule has 9 heteroatoms. The van der Waals surface area contributed by atoms with E-state index < -0.39 is 11.9 Å². The van der Waals surface area contributed by atoms with Gasteiger partial charge in [0.2, 0.25) is 0 Å². The summed E-state index contributed by atoms with van der Waals surface area (Å²) in [6, 6.07) is 18.8. The molecule has 2 N–H and O–H groups in total. The van der Waals surface area contributed by atoms with Crippen LogP contribution in [0.3, 0.4) is 0 Å². The Hall–Kier alpha value is -3.94. The van der Waals surface area contributed by atoms with Crippen molar-refractivity contribution >= 4 is 58.2 Å². The van der Waals surface area contributed by atoms with E-state index in [-0.39, 0.29) is 12.8 Å². The van der Waals surface area contributed by atoms with Gasteiger partial charge in [0.25, 0.3) is 0 Å². The number of rotatable bonds is 15. The monoisotopic (exact) mass is 595 g/mol. The molecule has 0 bridgehead atoms. The van der Waals surface area contributed by atoms with Gasteiger partial charge in [0.15, 0.2) is 5.75 Å². The van der Waals surface area contributed by atoms with Gasteiger partial charge >= 0.3 is 11.9 Å². The Kier molecular flexibility index (Phi) is 10.7. The maximum Gasteiger partial charge on any atom is 0.307 e. The Balaban J connectivity index is 1.34. The van der Waals surface area contributed by atoms with Gasteiger partial charge in [0.1, 0.15) is 5.75 Å². The second-order valence-corrected chi connectivity index (χ2v) is 10.3. The number of aromatic nitrogens is 1. The third-order valence-electron chi connectivity index (χ3n) is 6.46. The van der Waals surface area contributed by atoms with Gasteiger partial charge in [-0.05, 0) is 66.3 Å². The summed E-state index contributed by atoms with van der Waals surface area (Å²) in [4.78, 5) is 22.5. The Labute approximate surface area is 248 Å². The van der Waals surface area contributed by atoms with Crippen molar-refractivity contribution in [3.8, 4) is 11.5 Å². The first kappa shape index (κ1) is 30.0. The van der Waals surface area contributed by atoms with Gasteiger partial charge < -0.3 is 24.3 Å². The minimum atomic E-state index is -0.915. The smallest absolute Gasteiger partial charge is 0.307 e. The average molecular weight is 597 g/mol. The number of halogens is 2. The lowest BCUT2D eigenvalue weighted by atomic mass is 10.0. The summed E-state index contributed by atoms with van der Waals surface area (Å²) in [7, 11) is 0. The van der Waals surface area contributed by atoms with Crippen molar-refractivity contribution in [1.82, 2.24) is 4.57 Å². The van der Waals surface area contributed by atoms with Crippen LogP contribution in [-0.4, -0.2) is 39.9 Å². The number of para-hydroxylation sites is 1. The number of ether oxygens (including phenoxy) is 2. The zero-order chi connectivity index (χ0) is 29.2. The number of carbonyl (C=O) groups is 2. The zero-order valence-corrected chi connectivity index (χ0v) is 23.9. The number of aliphatic carboxylic acids is 2. The number of benzene rings is 3. The van der Waals surface area contributed by atoms with E-state index in [2.05, 4.69) is 0 Å². The molecule has 7 nitrogen and oxygen atoms in total. The van der Waals surface area contributed by atoms with E-state index in [1.165, 1.54) is 0 Å². The van der Waals surface area contributed by atoms with E-state index in [0.29, 0.717) is 47.5 Å². The standard InChI is InChI=1S/C32H31Cl2NO6/c33-26-7-4-8-27(34)32(26)41-19-2-1-18-40-25-15-12-22(13-16-25)11-14-23-6-3-9-28-31(23)24(20-30(38)39)21-35(28)17-5-10-29(36)37/h3-4,6-9,11-16,21H,1-2,5,10,17-20H2,(H,36,37)(H,38,39). The van der Waals surface area contributed by atoms with Crippen molar-refractivity contribution in [3.05, 3.63) is 93.6 Å². The maximum atomic E-state index is 11.5. The minimum absolute atomic E-state index is 0.0561. The number of fused-ring (bicyclic) bond motifs is 1. The number of hydrogen-bond donors (Lipinski definition) is 2. The van der Waals surface area contributed by atoms with Crippen molar-refractivity contribution in [2.24, 2.45) is 0 Å². The first-order valence-electron chi connectivity index (χ1n) is 13.3.